The highest BCUT2D eigenvalue weighted by Crippen LogP contribution is 2.29. The monoisotopic (exact) mass is 408 g/mol. The van der Waals surface area contributed by atoms with Crippen molar-refractivity contribution in [2.45, 2.75) is 0 Å². The van der Waals surface area contributed by atoms with E-state index in [4.69, 9.17) is 0 Å². The lowest BCUT2D eigenvalue weighted by molar-refractivity contribution is -0.384. The zero-order valence-corrected chi connectivity index (χ0v) is 13.2. The standard InChI is InChI=1S/C13H9IN6O2/c14-9-1-3-10(4-2-9)18-12-11(20(21)22)13(17-7-16-12)19-6-5-15-8-19/h1-8H,(H,16,17,18). The minimum absolute atomic E-state index is 0.130. The Morgan fingerprint density at radius 2 is 2.00 bits per heavy atom. The summed E-state index contributed by atoms with van der Waals surface area (Å²) in [7, 11) is 0. The molecule has 0 atom stereocenters. The third-order valence-electron chi connectivity index (χ3n) is 2.84. The lowest BCUT2D eigenvalue weighted by Gasteiger charge is -2.08. The van der Waals surface area contributed by atoms with E-state index < -0.39 is 4.92 Å². The van der Waals surface area contributed by atoms with E-state index in [0.29, 0.717) is 5.69 Å². The maximum atomic E-state index is 11.4. The predicted molar refractivity (Wildman–Crippen MR) is 88.3 cm³/mol. The molecule has 0 aliphatic rings. The lowest BCUT2D eigenvalue weighted by atomic mass is 10.3. The Kier molecular flexibility index (Phi) is 3.96. The van der Waals surface area contributed by atoms with Gasteiger partial charge in [-0.2, -0.15) is 0 Å². The molecule has 0 spiro atoms. The van der Waals surface area contributed by atoms with E-state index in [1.807, 2.05) is 24.3 Å². The Morgan fingerprint density at radius 1 is 1.23 bits per heavy atom. The lowest BCUT2D eigenvalue weighted by Crippen LogP contribution is -2.06. The van der Waals surface area contributed by atoms with Gasteiger partial charge in [0.15, 0.2) is 0 Å². The summed E-state index contributed by atoms with van der Waals surface area (Å²) < 4.78 is 2.54. The van der Waals surface area contributed by atoms with Gasteiger partial charge in [-0.3, -0.25) is 14.7 Å². The van der Waals surface area contributed by atoms with Gasteiger partial charge in [-0.15, -0.1) is 0 Å². The average Bonchev–Trinajstić information content (AvgIpc) is 3.03. The van der Waals surface area contributed by atoms with Crippen molar-refractivity contribution in [2.75, 3.05) is 5.32 Å². The third kappa shape index (κ3) is 2.88. The number of imidazole rings is 1. The number of anilines is 2. The molecule has 0 unspecified atom stereocenters. The van der Waals surface area contributed by atoms with Gasteiger partial charge in [-0.05, 0) is 46.9 Å². The summed E-state index contributed by atoms with van der Waals surface area (Å²) in [5.41, 5.74) is 0.498. The summed E-state index contributed by atoms with van der Waals surface area (Å²) >= 11 is 2.19. The molecule has 1 aromatic carbocycles. The fourth-order valence-electron chi connectivity index (χ4n) is 1.87. The molecule has 8 nitrogen and oxygen atoms in total. The summed E-state index contributed by atoms with van der Waals surface area (Å²) in [6.07, 6.45) is 5.84. The van der Waals surface area contributed by atoms with Gasteiger partial charge in [-0.25, -0.2) is 15.0 Å². The maximum absolute atomic E-state index is 11.4. The molecule has 0 amide bonds. The van der Waals surface area contributed by atoms with Gasteiger partial charge in [0.2, 0.25) is 11.6 Å². The molecule has 22 heavy (non-hydrogen) atoms. The van der Waals surface area contributed by atoms with Gasteiger partial charge >= 0.3 is 5.69 Å². The van der Waals surface area contributed by atoms with Crippen LogP contribution in [0.2, 0.25) is 0 Å². The van der Waals surface area contributed by atoms with Gasteiger partial charge in [0.25, 0.3) is 0 Å². The van der Waals surface area contributed by atoms with Crippen LogP contribution in [0.25, 0.3) is 5.82 Å². The fourth-order valence-corrected chi connectivity index (χ4v) is 2.23. The number of aromatic nitrogens is 4. The molecule has 0 radical (unpaired) electrons. The summed E-state index contributed by atoms with van der Waals surface area (Å²) in [6.45, 7) is 0. The van der Waals surface area contributed by atoms with Crippen LogP contribution in [0.4, 0.5) is 17.2 Å². The molecular weight excluding hydrogens is 399 g/mol. The van der Waals surface area contributed by atoms with Crippen LogP contribution >= 0.6 is 22.6 Å². The van der Waals surface area contributed by atoms with Gasteiger partial charge in [0, 0.05) is 21.7 Å². The topological polar surface area (TPSA) is 98.8 Å². The molecule has 9 heteroatoms. The van der Waals surface area contributed by atoms with Crippen molar-refractivity contribution < 1.29 is 4.92 Å². The number of nitrogens with zero attached hydrogens (tertiary/aromatic N) is 5. The SMILES string of the molecule is O=[N+]([O-])c1c(Nc2ccc(I)cc2)ncnc1-n1ccnc1. The van der Waals surface area contributed by atoms with E-state index in [2.05, 4.69) is 42.9 Å². The molecule has 0 bridgehead atoms. The summed E-state index contributed by atoms with van der Waals surface area (Å²) in [5, 5.41) is 14.4. The van der Waals surface area contributed by atoms with E-state index in [-0.39, 0.29) is 17.3 Å². The molecule has 0 fully saturated rings. The number of hydrogen-bond donors (Lipinski definition) is 1. The van der Waals surface area contributed by atoms with Crippen molar-refractivity contribution in [3.8, 4) is 5.82 Å². The van der Waals surface area contributed by atoms with Crippen LogP contribution in [-0.4, -0.2) is 24.4 Å². The Bertz CT molecular complexity index is 804. The van der Waals surface area contributed by atoms with Crippen LogP contribution in [0.15, 0.2) is 49.3 Å². The molecule has 0 saturated carbocycles. The van der Waals surface area contributed by atoms with Gasteiger partial charge in [0.1, 0.15) is 12.7 Å². The summed E-state index contributed by atoms with van der Waals surface area (Å²) in [4.78, 5) is 22.8. The van der Waals surface area contributed by atoms with Crippen molar-refractivity contribution in [2.24, 2.45) is 0 Å². The molecule has 0 aliphatic carbocycles. The van der Waals surface area contributed by atoms with Crippen molar-refractivity contribution in [1.29, 1.82) is 0 Å². The molecule has 3 rings (SSSR count). The molecule has 3 aromatic rings. The van der Waals surface area contributed by atoms with Gasteiger partial charge < -0.3 is 5.32 Å². The van der Waals surface area contributed by atoms with Crippen molar-refractivity contribution in [3.05, 3.63) is 63.0 Å². The highest BCUT2D eigenvalue weighted by molar-refractivity contribution is 14.1. The number of hydrogen-bond acceptors (Lipinski definition) is 6. The fraction of sp³-hybridized carbons (Fsp3) is 0. The minimum Gasteiger partial charge on any atom is -0.334 e. The van der Waals surface area contributed by atoms with Crippen molar-refractivity contribution in [1.82, 2.24) is 19.5 Å². The van der Waals surface area contributed by atoms with Crippen LogP contribution in [0, 0.1) is 13.7 Å². The molecule has 2 heterocycles. The summed E-state index contributed by atoms with van der Waals surface area (Å²) in [6, 6.07) is 7.44. The first-order valence-corrected chi connectivity index (χ1v) is 7.23. The Hall–Kier alpha value is -2.56. The molecule has 110 valence electrons. The normalized spacial score (nSPS) is 10.4. The number of benzene rings is 1. The van der Waals surface area contributed by atoms with Crippen LogP contribution in [0.3, 0.4) is 0 Å². The first-order valence-electron chi connectivity index (χ1n) is 6.15. The maximum Gasteiger partial charge on any atom is 0.354 e. The van der Waals surface area contributed by atoms with E-state index >= 15 is 0 Å². The number of halogens is 1. The van der Waals surface area contributed by atoms with E-state index in [1.165, 1.54) is 23.4 Å². The van der Waals surface area contributed by atoms with Crippen LogP contribution in [0.5, 0.6) is 0 Å². The highest BCUT2D eigenvalue weighted by atomic mass is 127. The number of nitrogens with one attached hydrogen (secondary N) is 1. The quantitative estimate of drug-likeness (QED) is 0.405. The number of nitro groups is 1. The second-order valence-corrected chi connectivity index (χ2v) is 5.50. The molecule has 2 aromatic heterocycles. The van der Waals surface area contributed by atoms with Gasteiger partial charge in [0.05, 0.1) is 4.92 Å². The molecule has 0 aliphatic heterocycles. The predicted octanol–water partition coefficient (Wildman–Crippen LogP) is 2.92. The van der Waals surface area contributed by atoms with Gasteiger partial charge in [-0.1, -0.05) is 0 Å². The Morgan fingerprint density at radius 3 is 2.64 bits per heavy atom. The molecule has 0 saturated heterocycles. The van der Waals surface area contributed by atoms with Crippen LogP contribution < -0.4 is 5.32 Å². The number of rotatable bonds is 4. The first kappa shape index (κ1) is 14.4. The zero-order valence-electron chi connectivity index (χ0n) is 11.0. The van der Waals surface area contributed by atoms with Crippen LogP contribution in [-0.2, 0) is 0 Å². The van der Waals surface area contributed by atoms with E-state index in [0.717, 1.165) is 3.57 Å². The second-order valence-electron chi connectivity index (χ2n) is 4.25. The Labute approximate surface area is 138 Å². The minimum atomic E-state index is -0.510. The average molecular weight is 408 g/mol. The van der Waals surface area contributed by atoms with Crippen molar-refractivity contribution in [3.63, 3.8) is 0 Å². The Balaban J connectivity index is 2.06. The summed E-state index contributed by atoms with van der Waals surface area (Å²) in [5.74, 6) is 0.287. The van der Waals surface area contributed by atoms with E-state index in [9.17, 15) is 10.1 Å². The largest absolute Gasteiger partial charge is 0.354 e. The van der Waals surface area contributed by atoms with Crippen LogP contribution in [0.1, 0.15) is 0 Å². The van der Waals surface area contributed by atoms with Crippen molar-refractivity contribution >= 4 is 39.8 Å². The third-order valence-corrected chi connectivity index (χ3v) is 3.56. The smallest absolute Gasteiger partial charge is 0.334 e. The highest BCUT2D eigenvalue weighted by Gasteiger charge is 2.24. The molecular formula is C13H9IN6O2. The second kappa shape index (κ2) is 6.05. The van der Waals surface area contributed by atoms with E-state index in [1.54, 1.807) is 6.20 Å². The zero-order chi connectivity index (χ0) is 15.5. The first-order chi connectivity index (χ1) is 10.6. The molecule has 1 N–H and O–H groups in total.